The van der Waals surface area contributed by atoms with Gasteiger partial charge in [-0.15, -0.1) is 0 Å². The van der Waals surface area contributed by atoms with Crippen LogP contribution in [-0.4, -0.2) is 25.9 Å². The van der Waals surface area contributed by atoms with Crippen molar-refractivity contribution >= 4 is 42.2 Å². The number of hydrogen-bond acceptors (Lipinski definition) is 6. The molecule has 120 valence electrons. The van der Waals surface area contributed by atoms with Crippen molar-refractivity contribution in [3.05, 3.63) is 46.6 Å². The molecule has 0 fully saturated rings. The molecular formula is C13H8O8S2. The third kappa shape index (κ3) is 2.72. The van der Waals surface area contributed by atoms with E-state index in [4.69, 9.17) is 13.5 Å². The standard InChI is InChI=1S/C13H8O8S2/c14-13-9-5-7(22(15,16)17)1-3-11(9)21-12-4-2-8(6-10(12)13)23(18,19)20/h1-6H,(H,15,16,17)(H,18,19,20). The number of hydrogen-bond donors (Lipinski definition) is 2. The van der Waals surface area contributed by atoms with Crippen LogP contribution >= 0.6 is 0 Å². The third-order valence-corrected chi connectivity index (χ3v) is 4.91. The van der Waals surface area contributed by atoms with Crippen molar-refractivity contribution < 1.29 is 30.4 Å². The molecule has 3 rings (SSSR count). The monoisotopic (exact) mass is 356 g/mol. The minimum Gasteiger partial charge on any atom is -0.456 e. The van der Waals surface area contributed by atoms with E-state index < -0.39 is 35.5 Å². The molecule has 23 heavy (non-hydrogen) atoms. The fourth-order valence-corrected chi connectivity index (χ4v) is 3.15. The van der Waals surface area contributed by atoms with E-state index in [2.05, 4.69) is 0 Å². The van der Waals surface area contributed by atoms with Gasteiger partial charge in [0.2, 0.25) is 5.43 Å². The normalized spacial score (nSPS) is 12.8. The van der Waals surface area contributed by atoms with Crippen molar-refractivity contribution in [2.75, 3.05) is 0 Å². The molecule has 0 unspecified atom stereocenters. The molecule has 0 spiro atoms. The lowest BCUT2D eigenvalue weighted by Crippen LogP contribution is -2.06. The van der Waals surface area contributed by atoms with Crippen molar-refractivity contribution in [2.45, 2.75) is 9.79 Å². The van der Waals surface area contributed by atoms with E-state index in [0.29, 0.717) is 0 Å². The Kier molecular flexibility index (Phi) is 3.30. The van der Waals surface area contributed by atoms with Gasteiger partial charge in [0.15, 0.2) is 0 Å². The smallest absolute Gasteiger partial charge is 0.294 e. The number of benzene rings is 2. The summed E-state index contributed by atoms with van der Waals surface area (Å²) in [6, 6.07) is 6.40. The average Bonchev–Trinajstić information content (AvgIpc) is 2.45. The summed E-state index contributed by atoms with van der Waals surface area (Å²) in [4.78, 5) is 11.4. The molecule has 1 aromatic heterocycles. The van der Waals surface area contributed by atoms with Gasteiger partial charge in [-0.05, 0) is 36.4 Å². The van der Waals surface area contributed by atoms with Crippen LogP contribution in [0.5, 0.6) is 0 Å². The molecule has 0 saturated carbocycles. The Morgan fingerprint density at radius 3 is 1.48 bits per heavy atom. The molecule has 1 heterocycles. The fraction of sp³-hybridized carbons (Fsp3) is 0. The van der Waals surface area contributed by atoms with Crippen molar-refractivity contribution in [1.82, 2.24) is 0 Å². The fourth-order valence-electron chi connectivity index (χ4n) is 2.14. The van der Waals surface area contributed by atoms with E-state index in [1.807, 2.05) is 0 Å². The van der Waals surface area contributed by atoms with Gasteiger partial charge in [0.1, 0.15) is 11.2 Å². The minimum atomic E-state index is -4.51. The molecule has 3 aromatic rings. The van der Waals surface area contributed by atoms with Gasteiger partial charge in [-0.3, -0.25) is 13.9 Å². The predicted octanol–water partition coefficient (Wildman–Crippen LogP) is 1.44. The van der Waals surface area contributed by atoms with Crippen LogP contribution in [0.1, 0.15) is 0 Å². The molecule has 8 nitrogen and oxygen atoms in total. The largest absolute Gasteiger partial charge is 0.456 e. The van der Waals surface area contributed by atoms with Crippen LogP contribution in [0, 0.1) is 0 Å². The third-order valence-electron chi connectivity index (χ3n) is 3.21. The highest BCUT2D eigenvalue weighted by atomic mass is 32.2. The van der Waals surface area contributed by atoms with Gasteiger partial charge in [-0.25, -0.2) is 0 Å². The topological polar surface area (TPSA) is 139 Å². The molecule has 0 bridgehead atoms. The Morgan fingerprint density at radius 2 is 1.13 bits per heavy atom. The zero-order chi connectivity index (χ0) is 17.0. The van der Waals surface area contributed by atoms with Gasteiger partial charge in [-0.2, -0.15) is 16.8 Å². The molecule has 10 heteroatoms. The Bertz CT molecular complexity index is 1130. The maximum atomic E-state index is 12.4. The summed E-state index contributed by atoms with van der Waals surface area (Å²) in [5, 5.41) is -0.305. The first kappa shape index (κ1) is 15.6. The molecule has 0 radical (unpaired) electrons. The summed E-state index contributed by atoms with van der Waals surface area (Å²) in [6.45, 7) is 0. The zero-order valence-corrected chi connectivity index (χ0v) is 12.8. The SMILES string of the molecule is O=c1c2cc(S(=O)(=O)O)ccc2oc2ccc(S(=O)(=O)O)cc12. The van der Waals surface area contributed by atoms with Crippen LogP contribution in [0.25, 0.3) is 21.9 Å². The summed E-state index contributed by atoms with van der Waals surface area (Å²) in [6.07, 6.45) is 0. The van der Waals surface area contributed by atoms with Crippen LogP contribution in [0.3, 0.4) is 0 Å². The first-order chi connectivity index (χ1) is 10.6. The van der Waals surface area contributed by atoms with Gasteiger partial charge in [0, 0.05) is 0 Å². The lowest BCUT2D eigenvalue weighted by atomic mass is 10.1. The van der Waals surface area contributed by atoms with Gasteiger partial charge in [0.05, 0.1) is 20.6 Å². The molecule has 0 saturated heterocycles. The summed E-state index contributed by atoms with van der Waals surface area (Å²) < 4.78 is 68.1. The summed E-state index contributed by atoms with van der Waals surface area (Å²) >= 11 is 0. The van der Waals surface area contributed by atoms with E-state index in [1.54, 1.807) is 0 Å². The van der Waals surface area contributed by atoms with Gasteiger partial charge in [0.25, 0.3) is 20.2 Å². The summed E-state index contributed by atoms with van der Waals surface area (Å²) in [7, 11) is -9.02. The first-order valence-electron chi connectivity index (χ1n) is 6.03. The summed E-state index contributed by atoms with van der Waals surface area (Å²) in [5.41, 5.74) is -0.568. The van der Waals surface area contributed by atoms with Crippen LogP contribution in [0.15, 0.2) is 55.4 Å². The second-order valence-electron chi connectivity index (χ2n) is 4.70. The highest BCUT2D eigenvalue weighted by molar-refractivity contribution is 7.86. The lowest BCUT2D eigenvalue weighted by Gasteiger charge is -2.04. The summed E-state index contributed by atoms with van der Waals surface area (Å²) in [5.74, 6) is 0. The van der Waals surface area contributed by atoms with Gasteiger partial charge < -0.3 is 4.42 Å². The maximum Gasteiger partial charge on any atom is 0.294 e. The van der Waals surface area contributed by atoms with Crippen LogP contribution in [0.4, 0.5) is 0 Å². The number of fused-ring (bicyclic) bond motifs is 2. The van der Waals surface area contributed by atoms with Crippen molar-refractivity contribution in [3.8, 4) is 0 Å². The van der Waals surface area contributed by atoms with E-state index in [0.717, 1.165) is 24.3 Å². The van der Waals surface area contributed by atoms with Crippen LogP contribution < -0.4 is 5.43 Å². The molecule has 0 atom stereocenters. The quantitative estimate of drug-likeness (QED) is 0.519. The second-order valence-corrected chi connectivity index (χ2v) is 7.54. The minimum absolute atomic E-state index is 0.0644. The number of rotatable bonds is 2. The van der Waals surface area contributed by atoms with Crippen LogP contribution in [0.2, 0.25) is 0 Å². The van der Waals surface area contributed by atoms with E-state index in [1.165, 1.54) is 12.1 Å². The first-order valence-corrected chi connectivity index (χ1v) is 8.91. The maximum absolute atomic E-state index is 12.4. The highest BCUT2D eigenvalue weighted by Crippen LogP contribution is 2.23. The zero-order valence-electron chi connectivity index (χ0n) is 11.1. The molecule has 0 aliphatic rings. The van der Waals surface area contributed by atoms with E-state index in [9.17, 15) is 21.6 Å². The molecule has 0 aliphatic heterocycles. The average molecular weight is 356 g/mol. The molecule has 0 amide bonds. The van der Waals surface area contributed by atoms with Gasteiger partial charge >= 0.3 is 0 Å². The second kappa shape index (κ2) is 4.86. The molecule has 2 N–H and O–H groups in total. The van der Waals surface area contributed by atoms with Crippen LogP contribution in [-0.2, 0) is 20.2 Å². The molecule has 2 aromatic carbocycles. The van der Waals surface area contributed by atoms with Crippen molar-refractivity contribution in [1.29, 1.82) is 0 Å². The van der Waals surface area contributed by atoms with E-state index in [-0.39, 0.29) is 21.9 Å². The van der Waals surface area contributed by atoms with Crippen molar-refractivity contribution in [2.24, 2.45) is 0 Å². The Hall–Kier alpha value is -2.27. The Morgan fingerprint density at radius 1 is 0.739 bits per heavy atom. The molecular weight excluding hydrogens is 348 g/mol. The van der Waals surface area contributed by atoms with E-state index >= 15 is 0 Å². The Balaban J connectivity index is 2.45. The Labute approximate surface area is 129 Å². The van der Waals surface area contributed by atoms with Gasteiger partial charge in [-0.1, -0.05) is 0 Å². The highest BCUT2D eigenvalue weighted by Gasteiger charge is 2.16. The molecule has 0 aliphatic carbocycles. The van der Waals surface area contributed by atoms with Crippen molar-refractivity contribution in [3.63, 3.8) is 0 Å². The predicted molar refractivity (Wildman–Crippen MR) is 79.6 cm³/mol. The lowest BCUT2D eigenvalue weighted by molar-refractivity contribution is 0.481.